The van der Waals surface area contributed by atoms with E-state index in [0.717, 1.165) is 0 Å². The molecule has 80 valence electrons. The Balaban J connectivity index is 0.000000500. The summed E-state index contributed by atoms with van der Waals surface area (Å²) in [7, 11) is -4.10. The third kappa shape index (κ3) is 5.52. The predicted molar refractivity (Wildman–Crippen MR) is 53.8 cm³/mol. The number of hydrogen-bond acceptors (Lipinski definition) is 4. The van der Waals surface area contributed by atoms with Gasteiger partial charge < -0.3 is 10.4 Å². The predicted octanol–water partition coefficient (Wildman–Crippen LogP) is 0.387. The normalized spacial score (nSPS) is 14.6. The van der Waals surface area contributed by atoms with Crippen LogP contribution in [0.3, 0.4) is 0 Å². The van der Waals surface area contributed by atoms with E-state index in [2.05, 4.69) is 5.32 Å². The quantitative estimate of drug-likeness (QED) is 0.555. The molecule has 0 bridgehead atoms. The number of allylic oxidation sites excluding steroid dienone is 4. The molecule has 1 aliphatic rings. The number of hydrogen-bond donors (Lipinski definition) is 3. The monoisotopic (exact) mass is 219 g/mol. The van der Waals surface area contributed by atoms with Crippen molar-refractivity contribution in [3.63, 3.8) is 0 Å². The fourth-order valence-electron chi connectivity index (χ4n) is 0.601. The van der Waals surface area contributed by atoms with Crippen molar-refractivity contribution in [3.8, 4) is 0 Å². The summed E-state index contributed by atoms with van der Waals surface area (Å²) in [5, 5.41) is 9.75. The van der Waals surface area contributed by atoms with Crippen LogP contribution in [0.1, 0.15) is 6.92 Å². The summed E-state index contributed by atoms with van der Waals surface area (Å²) in [5.74, 6) is 0. The molecular formula is C8H13NO4S. The minimum Gasteiger partial charge on any atom is -0.397 e. The maximum absolute atomic E-state index is 10.5. The number of nitrogens with one attached hydrogen (secondary N) is 1. The topological polar surface area (TPSA) is 86.6 Å². The fraction of sp³-hybridized carbons (Fsp3) is 0.250. The van der Waals surface area contributed by atoms with Gasteiger partial charge in [-0.2, -0.15) is 8.42 Å². The number of aliphatic hydroxyl groups is 1. The molecule has 5 nitrogen and oxygen atoms in total. The summed E-state index contributed by atoms with van der Waals surface area (Å²) in [6, 6.07) is 0. The minimum absolute atomic E-state index is 0.220. The van der Waals surface area contributed by atoms with Gasteiger partial charge in [-0.25, -0.2) is 0 Å². The van der Waals surface area contributed by atoms with Crippen molar-refractivity contribution in [1.29, 1.82) is 0 Å². The molecule has 0 radical (unpaired) electrons. The lowest BCUT2D eigenvalue weighted by Gasteiger charge is -1.99. The van der Waals surface area contributed by atoms with E-state index < -0.39 is 10.1 Å². The van der Waals surface area contributed by atoms with E-state index in [1.54, 1.807) is 19.1 Å². The molecule has 0 atom stereocenters. The molecule has 0 spiro atoms. The van der Waals surface area contributed by atoms with Crippen LogP contribution in [-0.2, 0) is 10.1 Å². The highest BCUT2D eigenvalue weighted by Crippen LogP contribution is 2.02. The molecule has 0 aromatic carbocycles. The zero-order valence-corrected chi connectivity index (χ0v) is 8.53. The molecule has 6 heteroatoms. The highest BCUT2D eigenvalue weighted by atomic mass is 32.2. The molecule has 3 N–H and O–H groups in total. The van der Waals surface area contributed by atoms with E-state index in [9.17, 15) is 8.42 Å². The highest BCUT2D eigenvalue weighted by molar-refractivity contribution is 7.89. The van der Waals surface area contributed by atoms with Crippen molar-refractivity contribution in [2.45, 2.75) is 6.92 Å². The Morgan fingerprint density at radius 1 is 1.36 bits per heavy atom. The van der Waals surface area contributed by atoms with Crippen LogP contribution < -0.4 is 5.32 Å². The smallest absolute Gasteiger partial charge is 0.310 e. The Bertz CT molecular complexity index is 340. The van der Waals surface area contributed by atoms with Gasteiger partial charge in [0.25, 0.3) is 0 Å². The maximum Gasteiger partial charge on any atom is 0.310 e. The number of aliphatic hydroxyl groups excluding tert-OH is 1. The van der Waals surface area contributed by atoms with Gasteiger partial charge in [-0.3, -0.25) is 4.55 Å². The molecule has 0 saturated carbocycles. The SMILES string of the molecule is CCO.O=S(=O)(O)C1=CC=CC=CN1. The summed E-state index contributed by atoms with van der Waals surface area (Å²) in [6.45, 7) is 1.93. The van der Waals surface area contributed by atoms with Crippen molar-refractivity contribution in [2.75, 3.05) is 6.61 Å². The molecule has 0 saturated heterocycles. The molecule has 1 rings (SSSR count). The van der Waals surface area contributed by atoms with E-state index in [-0.39, 0.29) is 11.6 Å². The number of rotatable bonds is 1. The van der Waals surface area contributed by atoms with Crippen molar-refractivity contribution in [3.05, 3.63) is 35.5 Å². The van der Waals surface area contributed by atoms with E-state index in [4.69, 9.17) is 9.66 Å². The van der Waals surface area contributed by atoms with Crippen molar-refractivity contribution in [2.24, 2.45) is 0 Å². The van der Waals surface area contributed by atoms with Crippen LogP contribution in [0.5, 0.6) is 0 Å². The second-order valence-corrected chi connectivity index (χ2v) is 3.60. The largest absolute Gasteiger partial charge is 0.397 e. The van der Waals surface area contributed by atoms with E-state index in [1.165, 1.54) is 18.4 Å². The van der Waals surface area contributed by atoms with Gasteiger partial charge in [0.05, 0.1) is 0 Å². The van der Waals surface area contributed by atoms with Crippen molar-refractivity contribution < 1.29 is 18.1 Å². The van der Waals surface area contributed by atoms with Crippen LogP contribution in [0.25, 0.3) is 0 Å². The lowest BCUT2D eigenvalue weighted by Crippen LogP contribution is -2.14. The Hall–Kier alpha value is -1.11. The molecule has 0 fully saturated rings. The standard InChI is InChI=1S/C6H7NO3S.C2H6O/c8-11(9,10)6-4-2-1-3-5-7-6;1-2-3/h1-5,7H,(H,8,9,10);3H,2H2,1H3. The molecule has 1 heterocycles. The summed E-state index contributed by atoms with van der Waals surface area (Å²) in [5.41, 5.74) is 0. The summed E-state index contributed by atoms with van der Waals surface area (Å²) in [6.07, 6.45) is 7.47. The molecule has 0 aromatic rings. The molecule has 0 aromatic heterocycles. The Labute approximate surface area is 83.2 Å². The molecule has 0 aliphatic carbocycles. The zero-order valence-electron chi connectivity index (χ0n) is 7.71. The molecule has 1 aliphatic heterocycles. The lowest BCUT2D eigenvalue weighted by molar-refractivity contribution is 0.318. The van der Waals surface area contributed by atoms with Crippen molar-refractivity contribution >= 4 is 10.1 Å². The average molecular weight is 219 g/mol. The first-order valence-corrected chi connectivity index (χ1v) is 5.34. The van der Waals surface area contributed by atoms with Gasteiger partial charge >= 0.3 is 10.1 Å². The van der Waals surface area contributed by atoms with Crippen LogP contribution in [0.2, 0.25) is 0 Å². The zero-order chi connectivity index (χ0) is 11.0. The Morgan fingerprint density at radius 3 is 2.43 bits per heavy atom. The van der Waals surface area contributed by atoms with Gasteiger partial charge in [0.2, 0.25) is 0 Å². The van der Waals surface area contributed by atoms with E-state index >= 15 is 0 Å². The van der Waals surface area contributed by atoms with Crippen LogP contribution in [-0.4, -0.2) is 24.7 Å². The first kappa shape index (κ1) is 12.9. The lowest BCUT2D eigenvalue weighted by atomic mass is 10.5. The first-order chi connectivity index (χ1) is 6.52. The van der Waals surface area contributed by atoms with Gasteiger partial charge in [-0.05, 0) is 19.1 Å². The van der Waals surface area contributed by atoms with Crippen LogP contribution in [0, 0.1) is 0 Å². The van der Waals surface area contributed by atoms with Gasteiger partial charge in [-0.1, -0.05) is 12.2 Å². The van der Waals surface area contributed by atoms with Crippen LogP contribution in [0.4, 0.5) is 0 Å². The summed E-state index contributed by atoms with van der Waals surface area (Å²) in [4.78, 5) is 0. The maximum atomic E-state index is 10.5. The van der Waals surface area contributed by atoms with E-state index in [0.29, 0.717) is 0 Å². The fourth-order valence-corrected chi connectivity index (χ4v) is 1.07. The molecule has 0 unspecified atom stereocenters. The molecule has 0 amide bonds. The highest BCUT2D eigenvalue weighted by Gasteiger charge is 2.10. The van der Waals surface area contributed by atoms with Crippen molar-refractivity contribution in [1.82, 2.24) is 5.32 Å². The first-order valence-electron chi connectivity index (χ1n) is 3.90. The van der Waals surface area contributed by atoms with E-state index in [1.807, 2.05) is 0 Å². The van der Waals surface area contributed by atoms with Gasteiger partial charge in [0.1, 0.15) is 0 Å². The van der Waals surface area contributed by atoms with Crippen LogP contribution >= 0.6 is 0 Å². The minimum atomic E-state index is -4.10. The molecular weight excluding hydrogens is 206 g/mol. The van der Waals surface area contributed by atoms with Crippen LogP contribution in [0.15, 0.2) is 35.5 Å². The third-order valence-corrected chi connectivity index (χ3v) is 1.88. The third-order valence-electron chi connectivity index (χ3n) is 1.07. The molecule has 14 heavy (non-hydrogen) atoms. The second kappa shape index (κ2) is 6.36. The van der Waals surface area contributed by atoms with Gasteiger partial charge in [-0.15, -0.1) is 0 Å². The second-order valence-electron chi connectivity index (χ2n) is 2.21. The summed E-state index contributed by atoms with van der Waals surface area (Å²) < 4.78 is 29.5. The average Bonchev–Trinajstić information content (AvgIpc) is 2.31. The van der Waals surface area contributed by atoms with Gasteiger partial charge in [0.15, 0.2) is 5.03 Å². The van der Waals surface area contributed by atoms with Gasteiger partial charge in [0, 0.05) is 12.8 Å². The summed E-state index contributed by atoms with van der Waals surface area (Å²) >= 11 is 0. The Kier molecular flexibility index (Phi) is 5.86. The Morgan fingerprint density at radius 2 is 1.93 bits per heavy atom.